The number of carbonyl (C=O) groups excluding carboxylic acids is 2. The van der Waals surface area contributed by atoms with E-state index in [4.69, 9.17) is 5.73 Å². The van der Waals surface area contributed by atoms with Gasteiger partial charge in [0.05, 0.1) is 6.54 Å². The third-order valence-electron chi connectivity index (χ3n) is 3.08. The van der Waals surface area contributed by atoms with Crippen LogP contribution >= 0.6 is 0 Å². The molecule has 0 aliphatic rings. The summed E-state index contributed by atoms with van der Waals surface area (Å²) in [6, 6.07) is 9.54. The molecule has 0 bridgehead atoms. The van der Waals surface area contributed by atoms with Crippen molar-refractivity contribution < 1.29 is 9.59 Å². The van der Waals surface area contributed by atoms with Crippen LogP contribution in [0.25, 0.3) is 0 Å². The molecule has 0 saturated carbocycles. The maximum atomic E-state index is 11.9. The Morgan fingerprint density at radius 1 is 1.30 bits per heavy atom. The number of hydrogen-bond acceptors (Lipinski definition) is 3. The van der Waals surface area contributed by atoms with Crippen molar-refractivity contribution in [3.05, 3.63) is 35.9 Å². The van der Waals surface area contributed by atoms with E-state index in [1.165, 1.54) is 4.90 Å². The molecule has 110 valence electrons. The zero-order valence-electron chi connectivity index (χ0n) is 12.1. The normalized spacial score (nSPS) is 11.8. The van der Waals surface area contributed by atoms with Crippen molar-refractivity contribution in [1.82, 2.24) is 10.2 Å². The molecule has 3 N–H and O–H groups in total. The zero-order chi connectivity index (χ0) is 15.0. The van der Waals surface area contributed by atoms with Gasteiger partial charge in [-0.3, -0.25) is 9.59 Å². The second kappa shape index (κ2) is 8.32. The van der Waals surface area contributed by atoms with Crippen molar-refractivity contribution in [2.24, 2.45) is 5.73 Å². The minimum absolute atomic E-state index is 0.0670. The van der Waals surface area contributed by atoms with Crippen molar-refractivity contribution in [2.75, 3.05) is 20.1 Å². The topological polar surface area (TPSA) is 75.4 Å². The second-order valence-corrected chi connectivity index (χ2v) is 4.76. The van der Waals surface area contributed by atoms with Gasteiger partial charge in [-0.15, -0.1) is 0 Å². The predicted molar refractivity (Wildman–Crippen MR) is 78.9 cm³/mol. The first-order valence-corrected chi connectivity index (χ1v) is 6.85. The Morgan fingerprint density at radius 3 is 2.55 bits per heavy atom. The van der Waals surface area contributed by atoms with Crippen LogP contribution in [0, 0.1) is 0 Å². The largest absolute Gasteiger partial charge is 0.355 e. The number of nitrogens with two attached hydrogens (primary N) is 1. The van der Waals surface area contributed by atoms with Crippen molar-refractivity contribution in [1.29, 1.82) is 0 Å². The number of carbonyl (C=O) groups is 2. The van der Waals surface area contributed by atoms with E-state index in [0.717, 1.165) is 5.56 Å². The summed E-state index contributed by atoms with van der Waals surface area (Å²) >= 11 is 0. The smallest absolute Gasteiger partial charge is 0.239 e. The van der Waals surface area contributed by atoms with Crippen molar-refractivity contribution in [2.45, 2.75) is 25.8 Å². The van der Waals surface area contributed by atoms with Crippen LogP contribution in [-0.2, 0) is 9.59 Å². The number of benzene rings is 1. The number of likely N-dealkylation sites (N-methyl/N-ethyl adjacent to an activating group) is 2. The Morgan fingerprint density at radius 2 is 1.95 bits per heavy atom. The predicted octanol–water partition coefficient (Wildman–Crippen LogP) is 1.06. The summed E-state index contributed by atoms with van der Waals surface area (Å²) in [7, 11) is 1.63. The van der Waals surface area contributed by atoms with Crippen LogP contribution in [0.4, 0.5) is 0 Å². The molecular formula is C15H23N3O2. The third kappa shape index (κ3) is 5.40. The van der Waals surface area contributed by atoms with Crippen LogP contribution in [0.3, 0.4) is 0 Å². The fourth-order valence-corrected chi connectivity index (χ4v) is 1.89. The first kappa shape index (κ1) is 16.2. The average molecular weight is 277 g/mol. The molecule has 1 aromatic rings. The Bertz CT molecular complexity index is 434. The summed E-state index contributed by atoms with van der Waals surface area (Å²) < 4.78 is 0. The van der Waals surface area contributed by atoms with Crippen LogP contribution in [0.2, 0.25) is 0 Å². The maximum Gasteiger partial charge on any atom is 0.239 e. The summed E-state index contributed by atoms with van der Waals surface area (Å²) in [5.74, 6) is -0.210. The summed E-state index contributed by atoms with van der Waals surface area (Å²) in [5.41, 5.74) is 7.06. The van der Waals surface area contributed by atoms with E-state index in [1.807, 2.05) is 37.3 Å². The van der Waals surface area contributed by atoms with Crippen molar-refractivity contribution in [3.8, 4) is 0 Å². The molecule has 1 rings (SSSR count). The molecule has 0 radical (unpaired) electrons. The van der Waals surface area contributed by atoms with Crippen LogP contribution in [0.15, 0.2) is 30.3 Å². The molecule has 5 heteroatoms. The lowest BCUT2D eigenvalue weighted by Crippen LogP contribution is -2.38. The quantitative estimate of drug-likeness (QED) is 0.782. The number of nitrogens with zero attached hydrogens (tertiary/aromatic N) is 1. The van der Waals surface area contributed by atoms with Gasteiger partial charge < -0.3 is 16.0 Å². The SMILES string of the molecule is CCNC(=O)CN(C)C(=O)CCC(N)c1ccccc1. The third-order valence-corrected chi connectivity index (χ3v) is 3.08. The lowest BCUT2D eigenvalue weighted by molar-refractivity contribution is -0.134. The number of rotatable bonds is 7. The lowest BCUT2D eigenvalue weighted by atomic mass is 10.0. The molecule has 0 fully saturated rings. The molecular weight excluding hydrogens is 254 g/mol. The van der Waals surface area contributed by atoms with Gasteiger partial charge in [-0.25, -0.2) is 0 Å². The number of amides is 2. The van der Waals surface area contributed by atoms with E-state index in [0.29, 0.717) is 19.4 Å². The standard InChI is InChI=1S/C15H23N3O2/c1-3-17-14(19)11-18(2)15(20)10-9-13(16)12-7-5-4-6-8-12/h4-8,13H,3,9-11,16H2,1-2H3,(H,17,19). The second-order valence-electron chi connectivity index (χ2n) is 4.76. The Kier molecular flexibility index (Phi) is 6.73. The fraction of sp³-hybridized carbons (Fsp3) is 0.467. The van der Waals surface area contributed by atoms with Gasteiger partial charge in [0.25, 0.3) is 0 Å². The monoisotopic (exact) mass is 277 g/mol. The van der Waals surface area contributed by atoms with E-state index in [-0.39, 0.29) is 24.4 Å². The van der Waals surface area contributed by atoms with Crippen molar-refractivity contribution in [3.63, 3.8) is 0 Å². The van der Waals surface area contributed by atoms with Gasteiger partial charge in [0.15, 0.2) is 0 Å². The van der Waals surface area contributed by atoms with Gasteiger partial charge in [-0.2, -0.15) is 0 Å². The highest BCUT2D eigenvalue weighted by Gasteiger charge is 2.14. The highest BCUT2D eigenvalue weighted by Crippen LogP contribution is 2.15. The summed E-state index contributed by atoms with van der Waals surface area (Å²) in [4.78, 5) is 24.7. The van der Waals surface area contributed by atoms with Crippen LogP contribution in [0.5, 0.6) is 0 Å². The molecule has 20 heavy (non-hydrogen) atoms. The minimum Gasteiger partial charge on any atom is -0.355 e. The highest BCUT2D eigenvalue weighted by molar-refractivity contribution is 5.84. The molecule has 1 atom stereocenters. The first-order valence-electron chi connectivity index (χ1n) is 6.85. The van der Waals surface area contributed by atoms with Gasteiger partial charge in [-0.05, 0) is 18.9 Å². The minimum atomic E-state index is -0.155. The first-order chi connectivity index (χ1) is 9.54. The summed E-state index contributed by atoms with van der Waals surface area (Å²) in [5, 5.41) is 2.66. The zero-order valence-corrected chi connectivity index (χ0v) is 12.1. The van der Waals surface area contributed by atoms with Crippen molar-refractivity contribution >= 4 is 11.8 Å². The molecule has 5 nitrogen and oxygen atoms in total. The van der Waals surface area contributed by atoms with Gasteiger partial charge in [-0.1, -0.05) is 30.3 Å². The van der Waals surface area contributed by atoms with E-state index in [1.54, 1.807) is 7.05 Å². The molecule has 0 saturated heterocycles. The van der Waals surface area contributed by atoms with Gasteiger partial charge in [0.2, 0.25) is 11.8 Å². The van der Waals surface area contributed by atoms with Gasteiger partial charge in [0, 0.05) is 26.1 Å². The molecule has 1 aromatic carbocycles. The van der Waals surface area contributed by atoms with E-state index in [9.17, 15) is 9.59 Å². The molecule has 0 aromatic heterocycles. The Hall–Kier alpha value is -1.88. The Balaban J connectivity index is 2.37. The van der Waals surface area contributed by atoms with E-state index >= 15 is 0 Å². The average Bonchev–Trinajstić information content (AvgIpc) is 2.45. The van der Waals surface area contributed by atoms with Crippen LogP contribution in [0.1, 0.15) is 31.4 Å². The van der Waals surface area contributed by atoms with Crippen LogP contribution < -0.4 is 11.1 Å². The van der Waals surface area contributed by atoms with Gasteiger partial charge >= 0.3 is 0 Å². The molecule has 0 aliphatic heterocycles. The molecule has 1 unspecified atom stereocenters. The molecule has 0 spiro atoms. The summed E-state index contributed by atoms with van der Waals surface area (Å²) in [6.07, 6.45) is 0.911. The molecule has 2 amide bonds. The Labute approximate surface area is 120 Å². The summed E-state index contributed by atoms with van der Waals surface area (Å²) in [6.45, 7) is 2.51. The fourth-order valence-electron chi connectivity index (χ4n) is 1.89. The van der Waals surface area contributed by atoms with Gasteiger partial charge in [0.1, 0.15) is 0 Å². The number of hydrogen-bond donors (Lipinski definition) is 2. The lowest BCUT2D eigenvalue weighted by Gasteiger charge is -2.18. The number of nitrogens with one attached hydrogen (secondary N) is 1. The highest BCUT2D eigenvalue weighted by atomic mass is 16.2. The van der Waals surface area contributed by atoms with E-state index < -0.39 is 0 Å². The maximum absolute atomic E-state index is 11.9. The van der Waals surface area contributed by atoms with E-state index in [2.05, 4.69) is 5.32 Å². The molecule has 0 aliphatic carbocycles. The van der Waals surface area contributed by atoms with Crippen LogP contribution in [-0.4, -0.2) is 36.9 Å². The molecule has 0 heterocycles.